The molecule has 0 unspecified atom stereocenters. The summed E-state index contributed by atoms with van der Waals surface area (Å²) >= 11 is 0. The minimum atomic E-state index is 0.212. The number of rotatable bonds is 2. The second-order valence-corrected chi connectivity index (χ2v) is 5.54. The molecule has 102 valence electrons. The third-order valence-corrected chi connectivity index (χ3v) is 4.57. The van der Waals surface area contributed by atoms with Crippen LogP contribution in [0.4, 0.5) is 0 Å². The Morgan fingerprint density at radius 2 is 1.79 bits per heavy atom. The van der Waals surface area contributed by atoms with E-state index in [1.807, 2.05) is 12.1 Å². The van der Waals surface area contributed by atoms with E-state index in [1.165, 1.54) is 18.4 Å². The van der Waals surface area contributed by atoms with E-state index in [4.69, 9.17) is 9.47 Å². The molecule has 2 atom stereocenters. The highest BCUT2D eigenvalue weighted by Gasteiger charge is 2.39. The molecule has 0 aromatic heterocycles. The molecule has 19 heavy (non-hydrogen) atoms. The lowest BCUT2D eigenvalue weighted by Crippen LogP contribution is -2.32. The van der Waals surface area contributed by atoms with Gasteiger partial charge in [0.1, 0.15) is 17.3 Å². The molecule has 0 saturated heterocycles. The molecule has 1 saturated carbocycles. The van der Waals surface area contributed by atoms with Gasteiger partial charge in [-0.1, -0.05) is 12.8 Å². The quantitative estimate of drug-likeness (QED) is 0.819. The Bertz CT molecular complexity index is 507. The van der Waals surface area contributed by atoms with Crippen LogP contribution in [0.15, 0.2) is 12.1 Å². The zero-order valence-electron chi connectivity index (χ0n) is 11.6. The zero-order chi connectivity index (χ0) is 13.4. The molecule has 0 bridgehead atoms. The van der Waals surface area contributed by atoms with Crippen molar-refractivity contribution in [1.29, 1.82) is 0 Å². The van der Waals surface area contributed by atoms with Crippen molar-refractivity contribution in [2.24, 2.45) is 5.92 Å². The van der Waals surface area contributed by atoms with Crippen LogP contribution < -0.4 is 9.47 Å². The third kappa shape index (κ3) is 2.01. The summed E-state index contributed by atoms with van der Waals surface area (Å²) in [6.45, 7) is 0. The normalized spacial score (nSPS) is 25.5. The lowest BCUT2D eigenvalue weighted by Gasteiger charge is -2.37. The second kappa shape index (κ2) is 4.87. The molecule has 2 aliphatic carbocycles. The molecule has 1 aromatic carbocycles. The first kappa shape index (κ1) is 12.5. The van der Waals surface area contributed by atoms with Crippen LogP contribution in [-0.2, 0) is 11.2 Å². The highest BCUT2D eigenvalue weighted by Crippen LogP contribution is 2.48. The Hall–Kier alpha value is -1.51. The van der Waals surface area contributed by atoms with Gasteiger partial charge in [0.05, 0.1) is 14.2 Å². The smallest absolute Gasteiger partial charge is 0.140 e. The minimum Gasteiger partial charge on any atom is -0.497 e. The standard InChI is InChI=1S/C16H20O3/c1-18-11-7-10-8-14(17)12-5-3-4-6-13(12)16(10)15(9-11)19-2/h7,9,12-13H,3-6,8H2,1-2H3/t12-,13+/m1/s1. The Balaban J connectivity index is 2.12. The van der Waals surface area contributed by atoms with Gasteiger partial charge in [0.2, 0.25) is 0 Å². The van der Waals surface area contributed by atoms with Gasteiger partial charge in [0, 0.05) is 24.0 Å². The molecular formula is C16H20O3. The predicted molar refractivity (Wildman–Crippen MR) is 73.0 cm³/mol. The second-order valence-electron chi connectivity index (χ2n) is 5.54. The monoisotopic (exact) mass is 260 g/mol. The van der Waals surface area contributed by atoms with Crippen LogP contribution in [0, 0.1) is 5.92 Å². The zero-order valence-corrected chi connectivity index (χ0v) is 11.6. The van der Waals surface area contributed by atoms with Gasteiger partial charge in [-0.3, -0.25) is 4.79 Å². The Morgan fingerprint density at radius 3 is 2.47 bits per heavy atom. The van der Waals surface area contributed by atoms with Crippen molar-refractivity contribution in [3.8, 4) is 11.5 Å². The van der Waals surface area contributed by atoms with E-state index in [0.717, 1.165) is 29.9 Å². The highest BCUT2D eigenvalue weighted by molar-refractivity contribution is 5.87. The summed E-state index contributed by atoms with van der Waals surface area (Å²) in [5.74, 6) is 2.62. The van der Waals surface area contributed by atoms with Crippen molar-refractivity contribution >= 4 is 5.78 Å². The lowest BCUT2D eigenvalue weighted by atomic mass is 9.67. The summed E-state index contributed by atoms with van der Waals surface area (Å²) in [5, 5.41) is 0. The number of hydrogen-bond donors (Lipinski definition) is 0. The number of ketones is 1. The molecule has 0 heterocycles. The molecule has 3 rings (SSSR count). The van der Waals surface area contributed by atoms with Crippen molar-refractivity contribution in [3.63, 3.8) is 0 Å². The molecule has 2 aliphatic rings. The van der Waals surface area contributed by atoms with Crippen LogP contribution >= 0.6 is 0 Å². The maximum atomic E-state index is 12.3. The van der Waals surface area contributed by atoms with Gasteiger partial charge < -0.3 is 9.47 Å². The molecule has 0 amide bonds. The summed E-state index contributed by atoms with van der Waals surface area (Å²) in [7, 11) is 3.35. The van der Waals surface area contributed by atoms with E-state index < -0.39 is 0 Å². The van der Waals surface area contributed by atoms with E-state index in [2.05, 4.69) is 0 Å². The highest BCUT2D eigenvalue weighted by atomic mass is 16.5. The predicted octanol–water partition coefficient (Wildman–Crippen LogP) is 3.10. The summed E-state index contributed by atoms with van der Waals surface area (Å²) in [4.78, 5) is 12.3. The number of ether oxygens (including phenoxy) is 2. The molecule has 3 nitrogen and oxygen atoms in total. The third-order valence-electron chi connectivity index (χ3n) is 4.57. The fourth-order valence-corrected chi connectivity index (χ4v) is 3.69. The summed E-state index contributed by atoms with van der Waals surface area (Å²) in [5.41, 5.74) is 2.36. The average Bonchev–Trinajstić information content (AvgIpc) is 2.46. The molecule has 0 radical (unpaired) electrons. The molecule has 3 heteroatoms. The lowest BCUT2D eigenvalue weighted by molar-refractivity contribution is -0.124. The first-order valence-corrected chi connectivity index (χ1v) is 7.02. The molecule has 0 spiro atoms. The van der Waals surface area contributed by atoms with E-state index in [-0.39, 0.29) is 5.92 Å². The maximum absolute atomic E-state index is 12.3. The Kier molecular flexibility index (Phi) is 3.21. The molecular weight excluding hydrogens is 240 g/mol. The molecule has 0 aliphatic heterocycles. The van der Waals surface area contributed by atoms with Crippen LogP contribution in [0.3, 0.4) is 0 Å². The van der Waals surface area contributed by atoms with Gasteiger partial charge in [0.15, 0.2) is 0 Å². The van der Waals surface area contributed by atoms with E-state index in [9.17, 15) is 4.79 Å². The number of hydrogen-bond acceptors (Lipinski definition) is 3. The van der Waals surface area contributed by atoms with Crippen LogP contribution in [0.5, 0.6) is 11.5 Å². The SMILES string of the molecule is COc1cc2c(c(OC)c1)[C@H]1CCCC[C@H]1C(=O)C2. The van der Waals surface area contributed by atoms with Gasteiger partial charge in [-0.05, 0) is 30.4 Å². The number of carbonyl (C=O) groups is 1. The maximum Gasteiger partial charge on any atom is 0.140 e. The Morgan fingerprint density at radius 1 is 1.05 bits per heavy atom. The topological polar surface area (TPSA) is 35.5 Å². The molecule has 1 fully saturated rings. The number of Topliss-reactive ketones (excluding diaryl/α,β-unsaturated/α-hetero) is 1. The van der Waals surface area contributed by atoms with Gasteiger partial charge >= 0.3 is 0 Å². The number of fused-ring (bicyclic) bond motifs is 3. The first-order valence-electron chi connectivity index (χ1n) is 7.02. The largest absolute Gasteiger partial charge is 0.497 e. The van der Waals surface area contributed by atoms with Gasteiger partial charge in [-0.15, -0.1) is 0 Å². The summed E-state index contributed by atoms with van der Waals surface area (Å²) in [6, 6.07) is 3.95. The van der Waals surface area contributed by atoms with Gasteiger partial charge in [0.25, 0.3) is 0 Å². The van der Waals surface area contributed by atoms with Gasteiger partial charge in [-0.25, -0.2) is 0 Å². The fraction of sp³-hybridized carbons (Fsp3) is 0.562. The Labute approximate surface area is 113 Å². The van der Waals surface area contributed by atoms with E-state index in [0.29, 0.717) is 18.1 Å². The molecule has 1 aromatic rings. The average molecular weight is 260 g/mol. The van der Waals surface area contributed by atoms with Crippen molar-refractivity contribution in [2.45, 2.75) is 38.0 Å². The minimum absolute atomic E-state index is 0.212. The van der Waals surface area contributed by atoms with E-state index in [1.54, 1.807) is 14.2 Å². The summed E-state index contributed by atoms with van der Waals surface area (Å²) < 4.78 is 10.9. The molecule has 0 N–H and O–H groups in total. The fourth-order valence-electron chi connectivity index (χ4n) is 3.69. The van der Waals surface area contributed by atoms with Crippen LogP contribution in [0.1, 0.15) is 42.7 Å². The number of benzene rings is 1. The first-order chi connectivity index (χ1) is 9.24. The number of carbonyl (C=O) groups excluding carboxylic acids is 1. The summed E-state index contributed by atoms with van der Waals surface area (Å²) in [6.07, 6.45) is 5.07. The van der Waals surface area contributed by atoms with Crippen molar-refractivity contribution in [3.05, 3.63) is 23.3 Å². The number of methoxy groups -OCH3 is 2. The van der Waals surface area contributed by atoms with Crippen LogP contribution in [0.25, 0.3) is 0 Å². The van der Waals surface area contributed by atoms with Crippen LogP contribution in [0.2, 0.25) is 0 Å². The van der Waals surface area contributed by atoms with Crippen molar-refractivity contribution < 1.29 is 14.3 Å². The van der Waals surface area contributed by atoms with Crippen molar-refractivity contribution in [2.75, 3.05) is 14.2 Å². The van der Waals surface area contributed by atoms with Crippen LogP contribution in [-0.4, -0.2) is 20.0 Å². The van der Waals surface area contributed by atoms with Crippen molar-refractivity contribution in [1.82, 2.24) is 0 Å². The van der Waals surface area contributed by atoms with Gasteiger partial charge in [-0.2, -0.15) is 0 Å². The van der Waals surface area contributed by atoms with E-state index >= 15 is 0 Å².